The Hall–Kier alpha value is -2.05. The lowest BCUT2D eigenvalue weighted by molar-refractivity contribution is -0.351. The molecule has 0 aromatic heterocycles. The van der Waals surface area contributed by atoms with Crippen molar-refractivity contribution in [3.63, 3.8) is 0 Å². The van der Waals surface area contributed by atoms with Gasteiger partial charge in [0.1, 0.15) is 12.2 Å². The summed E-state index contributed by atoms with van der Waals surface area (Å²) in [6, 6.07) is 0. The third-order valence-electron chi connectivity index (χ3n) is 4.36. The lowest BCUT2D eigenvalue weighted by Crippen LogP contribution is -2.90. The first-order valence-electron chi connectivity index (χ1n) is 10.7. The van der Waals surface area contributed by atoms with E-state index in [0.29, 0.717) is 0 Å². The summed E-state index contributed by atoms with van der Waals surface area (Å²) in [4.78, 5) is 63.3. The number of carbonyl (C=O) groups excluding carboxylic acids is 5. The summed E-state index contributed by atoms with van der Waals surface area (Å²) in [6.07, 6.45) is -4.96. The first-order valence-corrected chi connectivity index (χ1v) is 7.20. The second kappa shape index (κ2) is 7.17. The zero-order valence-electron chi connectivity index (χ0n) is 19.1. The molecule has 1 heterocycles. The molecule has 0 saturated carbocycles. The van der Waals surface area contributed by atoms with E-state index in [9.17, 15) is 44.4 Å². The summed E-state index contributed by atoms with van der Waals surface area (Å²) < 4.78 is 41.6. The Kier molecular flexibility index (Phi) is 4.24. The number of aliphatic hydroxyl groups excluding tert-OH is 2. The average Bonchev–Trinajstić information content (AvgIpc) is 2.81. The van der Waals surface area contributed by atoms with Crippen molar-refractivity contribution >= 4 is 29.2 Å². The highest BCUT2D eigenvalue weighted by Gasteiger charge is 2.81. The van der Waals surface area contributed by atoms with E-state index in [2.05, 4.69) is 0 Å². The lowest BCUT2D eigenvalue weighted by Gasteiger charge is -2.60. The monoisotopic (exact) mass is 394 g/mol. The number of ketones is 3. The van der Waals surface area contributed by atoms with Crippen molar-refractivity contribution in [3.05, 3.63) is 0 Å². The molecule has 1 unspecified atom stereocenters. The van der Waals surface area contributed by atoms with Crippen LogP contribution < -0.4 is 0 Å². The molecule has 0 aromatic rings. The Bertz CT molecular complexity index is 783. The van der Waals surface area contributed by atoms with Crippen LogP contribution in [-0.4, -0.2) is 90.2 Å². The summed E-state index contributed by atoms with van der Waals surface area (Å²) in [7, 11) is 0. The van der Waals surface area contributed by atoms with Gasteiger partial charge in [0.25, 0.3) is 5.79 Å². The van der Waals surface area contributed by atoms with Gasteiger partial charge in [-0.15, -0.1) is 0 Å². The van der Waals surface area contributed by atoms with Crippen LogP contribution in [0.4, 0.5) is 0 Å². The van der Waals surface area contributed by atoms with Crippen LogP contribution in [0.25, 0.3) is 0 Å². The van der Waals surface area contributed by atoms with E-state index >= 15 is 0 Å². The van der Waals surface area contributed by atoms with Gasteiger partial charge in [-0.1, -0.05) is 0 Å². The lowest BCUT2D eigenvalue weighted by atomic mass is 9.61. The van der Waals surface area contributed by atoms with Gasteiger partial charge >= 0.3 is 0 Å². The molecule has 4 N–H and O–H groups in total. The number of amides is 2. The van der Waals surface area contributed by atoms with Gasteiger partial charge < -0.3 is 25.2 Å². The van der Waals surface area contributed by atoms with Gasteiger partial charge in [-0.05, 0) is 13.8 Å². The number of rotatable bonds is 5. The van der Waals surface area contributed by atoms with Gasteiger partial charge in [0.2, 0.25) is 17.4 Å². The molecule has 11 heteroatoms. The first kappa shape index (κ1) is 16.0. The SMILES string of the molecule is [2H]CC(=O)N(C(=O)C[2H])[C@]1(C(=O)C[2H])C(O)(C(=O)C[2H])O[C@H](CO)[C@@H](O)[C@@]1(O)C(=O)C[2H]. The molecule has 11 nitrogen and oxygen atoms in total. The highest BCUT2D eigenvalue weighted by Crippen LogP contribution is 2.49. The molecular weight excluding hydrogens is 366 g/mol. The fraction of sp³-hybridized carbons (Fsp3) is 0.688. The summed E-state index contributed by atoms with van der Waals surface area (Å²) in [5, 5.41) is 42.8. The van der Waals surface area contributed by atoms with E-state index in [1.54, 1.807) is 0 Å². The number of imide groups is 1. The van der Waals surface area contributed by atoms with Crippen LogP contribution in [0.3, 0.4) is 0 Å². The van der Waals surface area contributed by atoms with Crippen molar-refractivity contribution < 1.29 is 56.0 Å². The molecule has 0 radical (unpaired) electrons. The smallest absolute Gasteiger partial charge is 0.262 e. The normalized spacial score (nSPS) is 38.4. The van der Waals surface area contributed by atoms with Crippen LogP contribution in [-0.2, 0) is 28.7 Å². The molecule has 27 heavy (non-hydrogen) atoms. The van der Waals surface area contributed by atoms with Gasteiger partial charge in [0, 0.05) is 27.6 Å². The standard InChI is InChI=1S/C16H23NO10/c1-7(19)14(25)13(24)12(6-18)27-16(26,9(3)21)15(14,8(2)20)17(10(4)22)11(5)23/h12-13,18,24-26H,6H2,1-5H3/t12-,13-,14+,15+,16?/m1/s1/i1D,2D,3D,4D,5D. The highest BCUT2D eigenvalue weighted by atomic mass is 16.7. The van der Waals surface area contributed by atoms with Crippen molar-refractivity contribution in [2.24, 2.45) is 0 Å². The number of Topliss-reactive ketones (excluding diaryl/α,β-unsaturated/α-hetero) is 3. The van der Waals surface area contributed by atoms with E-state index < -0.39 is 104 Å². The third-order valence-corrected chi connectivity index (χ3v) is 4.36. The van der Waals surface area contributed by atoms with Gasteiger partial charge in [-0.25, -0.2) is 0 Å². The predicted octanol–water partition coefficient (Wildman–Crippen LogP) is -2.94. The molecule has 152 valence electrons. The summed E-state index contributed by atoms with van der Waals surface area (Å²) in [5.41, 5.74) is -7.90. The van der Waals surface area contributed by atoms with Crippen LogP contribution in [0.15, 0.2) is 0 Å². The van der Waals surface area contributed by atoms with Gasteiger partial charge in [0.05, 0.1) is 6.61 Å². The van der Waals surface area contributed by atoms with Crippen molar-refractivity contribution in [2.75, 3.05) is 6.61 Å². The number of nitrogens with zero attached hydrogens (tertiary/aromatic N) is 1. The predicted molar refractivity (Wildman–Crippen MR) is 85.8 cm³/mol. The maximum absolute atomic E-state index is 13.1. The number of carbonyl (C=O) groups is 5. The van der Waals surface area contributed by atoms with Gasteiger partial charge in [-0.2, -0.15) is 0 Å². The second-order valence-electron chi connectivity index (χ2n) is 5.80. The van der Waals surface area contributed by atoms with Crippen LogP contribution in [0.1, 0.15) is 41.4 Å². The quantitative estimate of drug-likeness (QED) is 0.377. The van der Waals surface area contributed by atoms with Gasteiger partial charge in [-0.3, -0.25) is 28.9 Å². The molecule has 0 spiro atoms. The fourth-order valence-electron chi connectivity index (χ4n) is 3.24. The average molecular weight is 394 g/mol. The number of hydrogen-bond acceptors (Lipinski definition) is 10. The summed E-state index contributed by atoms with van der Waals surface area (Å²) >= 11 is 0. The molecule has 1 fully saturated rings. The molecule has 0 aliphatic carbocycles. The van der Waals surface area contributed by atoms with E-state index in [-0.39, 0.29) is 0 Å². The molecule has 1 aliphatic rings. The summed E-state index contributed by atoms with van der Waals surface area (Å²) in [6.45, 7) is -8.54. The molecular formula is C16H23NO10. The third kappa shape index (κ3) is 2.74. The molecule has 1 rings (SSSR count). The topological polar surface area (TPSA) is 179 Å². The largest absolute Gasteiger partial charge is 0.394 e. The van der Waals surface area contributed by atoms with Crippen molar-refractivity contribution in [1.29, 1.82) is 0 Å². The zero-order chi connectivity index (χ0) is 25.1. The molecule has 5 atom stereocenters. The van der Waals surface area contributed by atoms with Crippen LogP contribution in [0, 0.1) is 0 Å². The Balaban J connectivity index is 4.42. The second-order valence-corrected chi connectivity index (χ2v) is 5.80. The molecule has 2 amide bonds. The number of hydrogen-bond donors (Lipinski definition) is 4. The minimum absolute atomic E-state index is 0.457. The van der Waals surface area contributed by atoms with Crippen molar-refractivity contribution in [3.8, 4) is 0 Å². The van der Waals surface area contributed by atoms with Crippen molar-refractivity contribution in [2.45, 2.75) is 63.6 Å². The fourth-order valence-corrected chi connectivity index (χ4v) is 3.24. The molecule has 1 saturated heterocycles. The summed E-state index contributed by atoms with van der Waals surface area (Å²) in [5.74, 6) is -13.0. The number of aliphatic hydroxyl groups is 4. The zero-order valence-corrected chi connectivity index (χ0v) is 14.1. The maximum Gasteiger partial charge on any atom is 0.262 e. The van der Waals surface area contributed by atoms with Gasteiger partial charge in [0.15, 0.2) is 23.0 Å². The molecule has 1 aliphatic heterocycles. The number of ether oxygens (including phenoxy) is 1. The molecule has 0 aromatic carbocycles. The Morgan fingerprint density at radius 1 is 0.963 bits per heavy atom. The first-order chi connectivity index (χ1) is 14.9. The minimum Gasteiger partial charge on any atom is -0.394 e. The minimum atomic E-state index is -3.99. The van der Waals surface area contributed by atoms with Crippen LogP contribution in [0.2, 0.25) is 0 Å². The van der Waals surface area contributed by atoms with Crippen LogP contribution in [0.5, 0.6) is 0 Å². The van der Waals surface area contributed by atoms with E-state index in [4.69, 9.17) is 11.6 Å². The Morgan fingerprint density at radius 2 is 1.48 bits per heavy atom. The van der Waals surface area contributed by atoms with E-state index in [1.807, 2.05) is 0 Å². The Labute approximate surface area is 161 Å². The Morgan fingerprint density at radius 3 is 1.89 bits per heavy atom. The maximum atomic E-state index is 13.1. The van der Waals surface area contributed by atoms with Crippen LogP contribution >= 0.6 is 0 Å². The highest BCUT2D eigenvalue weighted by molar-refractivity contribution is 6.11. The van der Waals surface area contributed by atoms with E-state index in [1.165, 1.54) is 0 Å². The van der Waals surface area contributed by atoms with E-state index in [0.717, 1.165) is 0 Å². The van der Waals surface area contributed by atoms with Crippen molar-refractivity contribution in [1.82, 2.24) is 4.90 Å². The molecule has 0 bridgehead atoms.